The summed E-state index contributed by atoms with van der Waals surface area (Å²) in [7, 11) is 0. The van der Waals surface area contributed by atoms with E-state index < -0.39 is 5.82 Å². The Balaban J connectivity index is 1.52. The summed E-state index contributed by atoms with van der Waals surface area (Å²) in [6, 6.07) is 18.1. The molecule has 8 heteroatoms. The van der Waals surface area contributed by atoms with Crippen LogP contribution < -0.4 is 0 Å². The second-order valence-corrected chi connectivity index (χ2v) is 8.68. The van der Waals surface area contributed by atoms with E-state index in [2.05, 4.69) is 5.16 Å². The number of amides is 1. The van der Waals surface area contributed by atoms with Crippen molar-refractivity contribution in [3.05, 3.63) is 104 Å². The molecular formula is C24H18Cl3FN2O2. The zero-order chi connectivity index (χ0) is 22.7. The van der Waals surface area contributed by atoms with Crippen molar-refractivity contribution in [2.24, 2.45) is 5.16 Å². The third-order valence-electron chi connectivity index (χ3n) is 5.03. The van der Waals surface area contributed by atoms with Gasteiger partial charge in [0.1, 0.15) is 5.82 Å². The molecule has 1 heterocycles. The highest BCUT2D eigenvalue weighted by Gasteiger charge is 2.28. The molecule has 0 unspecified atom stereocenters. The number of benzene rings is 3. The van der Waals surface area contributed by atoms with Crippen molar-refractivity contribution in [3.63, 3.8) is 0 Å². The molecule has 1 aliphatic rings. The van der Waals surface area contributed by atoms with Gasteiger partial charge in [0.15, 0.2) is 6.10 Å². The maximum absolute atomic E-state index is 13.7. The number of rotatable bonds is 6. The fraction of sp³-hybridized carbons (Fsp3) is 0.167. The molecule has 0 fully saturated rings. The highest BCUT2D eigenvalue weighted by atomic mass is 35.5. The van der Waals surface area contributed by atoms with Gasteiger partial charge in [-0.25, -0.2) is 4.39 Å². The van der Waals surface area contributed by atoms with Crippen LogP contribution in [0.5, 0.6) is 0 Å². The normalized spacial score (nSPS) is 15.2. The minimum Gasteiger partial charge on any atom is -0.390 e. The van der Waals surface area contributed by atoms with E-state index in [-0.39, 0.29) is 30.7 Å². The van der Waals surface area contributed by atoms with Crippen molar-refractivity contribution in [3.8, 4) is 0 Å². The first kappa shape index (κ1) is 22.6. The first-order chi connectivity index (χ1) is 15.4. The molecule has 0 saturated heterocycles. The summed E-state index contributed by atoms with van der Waals surface area (Å²) in [6.45, 7) is 0.550. The first-order valence-electron chi connectivity index (χ1n) is 9.86. The molecule has 4 rings (SSSR count). The molecule has 0 radical (unpaired) electrons. The quantitative estimate of drug-likeness (QED) is 0.389. The topological polar surface area (TPSA) is 41.9 Å². The van der Waals surface area contributed by atoms with Gasteiger partial charge in [-0.2, -0.15) is 0 Å². The highest BCUT2D eigenvalue weighted by Crippen LogP contribution is 2.26. The lowest BCUT2D eigenvalue weighted by Gasteiger charge is -2.25. The maximum Gasteiger partial charge on any atom is 0.254 e. The molecule has 0 spiro atoms. The molecule has 32 heavy (non-hydrogen) atoms. The Labute approximate surface area is 200 Å². The Bertz CT molecular complexity index is 1190. The predicted octanol–water partition coefficient (Wildman–Crippen LogP) is 6.62. The number of oxime groups is 1. The monoisotopic (exact) mass is 490 g/mol. The van der Waals surface area contributed by atoms with Crippen LogP contribution >= 0.6 is 34.8 Å². The molecule has 1 amide bonds. The van der Waals surface area contributed by atoms with Crippen molar-refractivity contribution in [2.45, 2.75) is 19.1 Å². The van der Waals surface area contributed by atoms with Crippen molar-refractivity contribution in [1.82, 2.24) is 4.90 Å². The number of carbonyl (C=O) groups is 1. The molecule has 0 N–H and O–H groups in total. The van der Waals surface area contributed by atoms with E-state index in [1.165, 1.54) is 18.2 Å². The molecule has 1 atom stereocenters. The van der Waals surface area contributed by atoms with E-state index in [1.807, 2.05) is 18.2 Å². The van der Waals surface area contributed by atoms with Gasteiger partial charge in [0.05, 0.1) is 22.3 Å². The number of nitrogens with zero attached hydrogens (tertiary/aromatic N) is 2. The lowest BCUT2D eigenvalue weighted by Crippen LogP contribution is -2.37. The fourth-order valence-electron chi connectivity index (χ4n) is 3.50. The van der Waals surface area contributed by atoms with Crippen molar-refractivity contribution >= 4 is 46.4 Å². The van der Waals surface area contributed by atoms with Gasteiger partial charge in [-0.3, -0.25) is 4.79 Å². The zero-order valence-electron chi connectivity index (χ0n) is 16.8. The lowest BCUT2D eigenvalue weighted by molar-refractivity contribution is 0.0405. The van der Waals surface area contributed by atoms with Gasteiger partial charge < -0.3 is 9.74 Å². The van der Waals surface area contributed by atoms with Crippen LogP contribution in [0.25, 0.3) is 0 Å². The number of hydrogen-bond donors (Lipinski definition) is 0. The lowest BCUT2D eigenvalue weighted by atomic mass is 10.0. The van der Waals surface area contributed by atoms with Crippen LogP contribution in [0, 0.1) is 5.82 Å². The van der Waals surface area contributed by atoms with Gasteiger partial charge in [-0.15, -0.1) is 0 Å². The van der Waals surface area contributed by atoms with Crippen molar-refractivity contribution in [1.29, 1.82) is 0 Å². The number of carbonyl (C=O) groups excluding carboxylic acids is 1. The molecule has 0 aromatic heterocycles. The third-order valence-corrected chi connectivity index (χ3v) is 6.01. The van der Waals surface area contributed by atoms with Crippen LogP contribution in [-0.2, 0) is 11.4 Å². The van der Waals surface area contributed by atoms with Crippen molar-refractivity contribution < 1.29 is 14.0 Å². The summed E-state index contributed by atoms with van der Waals surface area (Å²) >= 11 is 18.2. The standard InChI is InChI=1S/C24H18Cl3FN2O2/c25-18-5-1-3-15(9-18)13-30(24(31)17-4-2-6-19(28)10-17)14-20-12-23(29-32-20)16-7-8-21(26)22(27)11-16/h1-11,20H,12-14H2/t20-/m0/s1. The first-order valence-corrected chi connectivity index (χ1v) is 11.0. The molecule has 4 nitrogen and oxygen atoms in total. The van der Waals surface area contributed by atoms with E-state index >= 15 is 0 Å². The Kier molecular flexibility index (Phi) is 6.99. The summed E-state index contributed by atoms with van der Waals surface area (Å²) in [5.74, 6) is -0.781. The summed E-state index contributed by atoms with van der Waals surface area (Å²) in [4.78, 5) is 20.4. The Morgan fingerprint density at radius 1 is 1.03 bits per heavy atom. The summed E-state index contributed by atoms with van der Waals surface area (Å²) < 4.78 is 13.7. The fourth-order valence-corrected chi connectivity index (χ4v) is 4.01. The van der Waals surface area contributed by atoms with Crippen LogP contribution in [-0.4, -0.2) is 29.2 Å². The summed E-state index contributed by atoms with van der Waals surface area (Å²) in [6.07, 6.45) is 0.122. The second kappa shape index (κ2) is 9.90. The van der Waals surface area contributed by atoms with Crippen LogP contribution in [0.1, 0.15) is 27.9 Å². The average Bonchev–Trinajstić information content (AvgIpc) is 3.23. The average molecular weight is 492 g/mol. The maximum atomic E-state index is 13.7. The van der Waals surface area contributed by atoms with Gasteiger partial charge >= 0.3 is 0 Å². The van der Waals surface area contributed by atoms with E-state index in [0.717, 1.165) is 16.8 Å². The molecule has 1 aliphatic heterocycles. The highest BCUT2D eigenvalue weighted by molar-refractivity contribution is 6.42. The number of hydrogen-bond acceptors (Lipinski definition) is 3. The van der Waals surface area contributed by atoms with E-state index in [1.54, 1.807) is 35.2 Å². The SMILES string of the molecule is O=C(c1cccc(F)c1)N(Cc1cccc(Cl)c1)C[C@@H]1CC(c2ccc(Cl)c(Cl)c2)=NO1. The molecule has 0 saturated carbocycles. The van der Waals surface area contributed by atoms with Crippen LogP contribution in [0.4, 0.5) is 4.39 Å². The summed E-state index contributed by atoms with van der Waals surface area (Å²) in [5, 5.41) is 5.63. The van der Waals surface area contributed by atoms with Crippen LogP contribution in [0.2, 0.25) is 15.1 Å². The Hall–Kier alpha value is -2.60. The summed E-state index contributed by atoms with van der Waals surface area (Å²) in [5.41, 5.74) is 2.63. The molecular weight excluding hydrogens is 474 g/mol. The van der Waals surface area contributed by atoms with Crippen LogP contribution in [0.3, 0.4) is 0 Å². The largest absolute Gasteiger partial charge is 0.390 e. The molecule has 3 aromatic rings. The van der Waals surface area contributed by atoms with Crippen molar-refractivity contribution in [2.75, 3.05) is 6.54 Å². The predicted molar refractivity (Wildman–Crippen MR) is 125 cm³/mol. The van der Waals surface area contributed by atoms with Gasteiger partial charge in [0, 0.05) is 29.1 Å². The van der Waals surface area contributed by atoms with E-state index in [0.29, 0.717) is 21.5 Å². The van der Waals surface area contributed by atoms with Gasteiger partial charge in [-0.05, 0) is 48.0 Å². The molecule has 0 aliphatic carbocycles. The van der Waals surface area contributed by atoms with E-state index in [9.17, 15) is 9.18 Å². The van der Waals surface area contributed by atoms with Gasteiger partial charge in [-0.1, -0.05) is 64.2 Å². The minimum atomic E-state index is -0.471. The Morgan fingerprint density at radius 2 is 1.84 bits per heavy atom. The minimum absolute atomic E-state index is 0.260. The molecule has 0 bridgehead atoms. The van der Waals surface area contributed by atoms with Crippen LogP contribution in [0.15, 0.2) is 71.9 Å². The molecule has 3 aromatic carbocycles. The second-order valence-electron chi connectivity index (χ2n) is 7.42. The van der Waals surface area contributed by atoms with Gasteiger partial charge in [0.2, 0.25) is 0 Å². The molecule has 164 valence electrons. The zero-order valence-corrected chi connectivity index (χ0v) is 19.0. The number of halogens is 4. The Morgan fingerprint density at radius 3 is 2.59 bits per heavy atom. The van der Waals surface area contributed by atoms with Gasteiger partial charge in [0.25, 0.3) is 5.91 Å². The van der Waals surface area contributed by atoms with E-state index in [4.69, 9.17) is 39.6 Å². The third kappa shape index (κ3) is 5.41. The smallest absolute Gasteiger partial charge is 0.254 e.